The van der Waals surface area contributed by atoms with E-state index in [9.17, 15) is 0 Å². The second-order valence-corrected chi connectivity index (χ2v) is 4.72. The zero-order valence-corrected chi connectivity index (χ0v) is 10.7. The minimum atomic E-state index is 0.549. The van der Waals surface area contributed by atoms with E-state index in [1.54, 1.807) is 0 Å². The predicted molar refractivity (Wildman–Crippen MR) is 76.3 cm³/mol. The number of allylic oxidation sites excluding steroid dienone is 2. The highest BCUT2D eigenvalue weighted by Crippen LogP contribution is 2.16. The minimum absolute atomic E-state index is 0.549. The molecule has 0 saturated heterocycles. The van der Waals surface area contributed by atoms with Crippen molar-refractivity contribution >= 4 is 5.96 Å². The van der Waals surface area contributed by atoms with Crippen molar-refractivity contribution < 1.29 is 0 Å². The number of hydrogen-bond donors (Lipinski definition) is 2. The van der Waals surface area contributed by atoms with E-state index in [0.717, 1.165) is 13.0 Å². The van der Waals surface area contributed by atoms with Crippen molar-refractivity contribution in [2.75, 3.05) is 6.54 Å². The molecular weight excluding hydrogens is 222 g/mol. The van der Waals surface area contributed by atoms with Crippen LogP contribution in [-0.2, 0) is 6.54 Å². The molecule has 0 bridgehead atoms. The van der Waals surface area contributed by atoms with Gasteiger partial charge in [0.25, 0.3) is 0 Å². The lowest BCUT2D eigenvalue weighted by Crippen LogP contribution is -2.35. The van der Waals surface area contributed by atoms with Gasteiger partial charge in [0.15, 0.2) is 5.96 Å². The van der Waals surface area contributed by atoms with E-state index in [4.69, 9.17) is 5.73 Å². The Morgan fingerprint density at radius 3 is 2.83 bits per heavy atom. The number of nitrogens with zero attached hydrogens (tertiary/aromatic N) is 1. The average molecular weight is 243 g/mol. The molecule has 2 rings (SSSR count). The first-order chi connectivity index (χ1) is 8.84. The van der Waals surface area contributed by atoms with Gasteiger partial charge in [-0.15, -0.1) is 0 Å². The molecule has 3 heteroatoms. The minimum Gasteiger partial charge on any atom is -0.370 e. The molecule has 1 aromatic rings. The number of benzene rings is 1. The number of nitrogens with two attached hydrogens (primary N) is 1. The summed E-state index contributed by atoms with van der Waals surface area (Å²) >= 11 is 0. The molecule has 3 N–H and O–H groups in total. The third-order valence-electron chi connectivity index (χ3n) is 3.22. The van der Waals surface area contributed by atoms with E-state index in [1.807, 2.05) is 18.2 Å². The Hall–Kier alpha value is -1.77. The molecule has 0 radical (unpaired) electrons. The van der Waals surface area contributed by atoms with E-state index in [1.165, 1.54) is 18.4 Å². The second kappa shape index (κ2) is 6.84. The lowest BCUT2D eigenvalue weighted by Gasteiger charge is -2.18. The van der Waals surface area contributed by atoms with Crippen molar-refractivity contribution in [3.63, 3.8) is 0 Å². The molecule has 96 valence electrons. The predicted octanol–water partition coefficient (Wildman–Crippen LogP) is 2.45. The third-order valence-corrected chi connectivity index (χ3v) is 3.22. The number of hydrogen-bond acceptors (Lipinski definition) is 1. The van der Waals surface area contributed by atoms with Crippen molar-refractivity contribution in [3.8, 4) is 0 Å². The monoisotopic (exact) mass is 243 g/mol. The van der Waals surface area contributed by atoms with Gasteiger partial charge in [0.1, 0.15) is 0 Å². The average Bonchev–Trinajstić information content (AvgIpc) is 2.45. The largest absolute Gasteiger partial charge is 0.370 e. The van der Waals surface area contributed by atoms with Crippen LogP contribution in [0.15, 0.2) is 47.5 Å². The molecule has 18 heavy (non-hydrogen) atoms. The van der Waals surface area contributed by atoms with Crippen molar-refractivity contribution in [2.24, 2.45) is 16.6 Å². The maximum Gasteiger partial charge on any atom is 0.188 e. The van der Waals surface area contributed by atoms with E-state index in [2.05, 4.69) is 34.6 Å². The Balaban J connectivity index is 1.73. The Labute approximate surface area is 109 Å². The van der Waals surface area contributed by atoms with Gasteiger partial charge in [0, 0.05) is 6.54 Å². The molecule has 0 aliphatic heterocycles. The summed E-state index contributed by atoms with van der Waals surface area (Å²) in [4.78, 5) is 4.34. The number of nitrogens with one attached hydrogen (secondary N) is 1. The van der Waals surface area contributed by atoms with Crippen LogP contribution in [-0.4, -0.2) is 12.5 Å². The molecule has 1 aromatic carbocycles. The first kappa shape index (κ1) is 12.7. The maximum absolute atomic E-state index is 5.86. The van der Waals surface area contributed by atoms with Gasteiger partial charge >= 0.3 is 0 Å². The smallest absolute Gasteiger partial charge is 0.188 e. The van der Waals surface area contributed by atoms with Crippen molar-refractivity contribution in [3.05, 3.63) is 48.0 Å². The van der Waals surface area contributed by atoms with Gasteiger partial charge in [-0.2, -0.15) is 0 Å². The van der Waals surface area contributed by atoms with Crippen LogP contribution < -0.4 is 11.1 Å². The Kier molecular flexibility index (Phi) is 4.82. The van der Waals surface area contributed by atoms with Gasteiger partial charge < -0.3 is 11.1 Å². The van der Waals surface area contributed by atoms with Crippen LogP contribution in [0.1, 0.15) is 24.8 Å². The normalized spacial score (nSPS) is 19.8. The lowest BCUT2D eigenvalue weighted by molar-refractivity contribution is 0.471. The SMILES string of the molecule is NC(=NCc1ccccc1)NC[C@@H]1CC=CCC1. The lowest BCUT2D eigenvalue weighted by atomic mass is 9.94. The molecule has 0 heterocycles. The van der Waals surface area contributed by atoms with Crippen LogP contribution >= 0.6 is 0 Å². The second-order valence-electron chi connectivity index (χ2n) is 4.72. The maximum atomic E-state index is 5.86. The van der Waals surface area contributed by atoms with Crippen molar-refractivity contribution in [1.82, 2.24) is 5.32 Å². The fourth-order valence-corrected chi connectivity index (χ4v) is 2.11. The molecule has 0 saturated carbocycles. The summed E-state index contributed by atoms with van der Waals surface area (Å²) in [6.07, 6.45) is 8.10. The summed E-state index contributed by atoms with van der Waals surface area (Å²) in [5, 5.41) is 3.22. The van der Waals surface area contributed by atoms with Crippen molar-refractivity contribution in [1.29, 1.82) is 0 Å². The zero-order valence-electron chi connectivity index (χ0n) is 10.7. The molecule has 3 nitrogen and oxygen atoms in total. The highest BCUT2D eigenvalue weighted by Gasteiger charge is 2.09. The third kappa shape index (κ3) is 4.24. The van der Waals surface area contributed by atoms with Crippen LogP contribution in [0.2, 0.25) is 0 Å². The molecule has 0 unspecified atom stereocenters. The summed E-state index contributed by atoms with van der Waals surface area (Å²) in [5.74, 6) is 1.24. The quantitative estimate of drug-likeness (QED) is 0.485. The van der Waals surface area contributed by atoms with Crippen LogP contribution in [0, 0.1) is 5.92 Å². The zero-order chi connectivity index (χ0) is 12.6. The van der Waals surface area contributed by atoms with Gasteiger partial charge in [0.2, 0.25) is 0 Å². The molecule has 0 aromatic heterocycles. The Morgan fingerprint density at radius 1 is 1.28 bits per heavy atom. The summed E-state index contributed by atoms with van der Waals surface area (Å²) in [7, 11) is 0. The van der Waals surface area contributed by atoms with Gasteiger partial charge in [-0.3, -0.25) is 0 Å². The highest BCUT2D eigenvalue weighted by molar-refractivity contribution is 5.77. The Morgan fingerprint density at radius 2 is 2.11 bits per heavy atom. The molecule has 0 fully saturated rings. The van der Waals surface area contributed by atoms with E-state index in [0.29, 0.717) is 18.4 Å². The number of guanidine groups is 1. The first-order valence-corrected chi connectivity index (χ1v) is 6.57. The highest BCUT2D eigenvalue weighted by atomic mass is 15.1. The summed E-state index contributed by atoms with van der Waals surface area (Å²) in [6.45, 7) is 1.57. The van der Waals surface area contributed by atoms with Crippen LogP contribution in [0.4, 0.5) is 0 Å². The molecule has 0 amide bonds. The number of aliphatic imine (C=N–C) groups is 1. The van der Waals surface area contributed by atoms with Crippen LogP contribution in [0.25, 0.3) is 0 Å². The fraction of sp³-hybridized carbons (Fsp3) is 0.400. The molecule has 1 aliphatic rings. The van der Waals surface area contributed by atoms with E-state index >= 15 is 0 Å². The van der Waals surface area contributed by atoms with Gasteiger partial charge in [-0.1, -0.05) is 42.5 Å². The van der Waals surface area contributed by atoms with Gasteiger partial charge in [-0.25, -0.2) is 4.99 Å². The molecule has 1 aliphatic carbocycles. The summed E-state index contributed by atoms with van der Waals surface area (Å²) in [6, 6.07) is 10.2. The van der Waals surface area contributed by atoms with Crippen LogP contribution in [0.3, 0.4) is 0 Å². The first-order valence-electron chi connectivity index (χ1n) is 6.57. The Bertz CT molecular complexity index is 409. The fourth-order valence-electron chi connectivity index (χ4n) is 2.11. The van der Waals surface area contributed by atoms with Gasteiger partial charge in [-0.05, 0) is 30.7 Å². The summed E-state index contributed by atoms with van der Waals surface area (Å²) in [5.41, 5.74) is 7.04. The number of rotatable bonds is 4. The van der Waals surface area contributed by atoms with E-state index < -0.39 is 0 Å². The topological polar surface area (TPSA) is 50.4 Å². The summed E-state index contributed by atoms with van der Waals surface area (Å²) < 4.78 is 0. The van der Waals surface area contributed by atoms with Crippen molar-refractivity contribution in [2.45, 2.75) is 25.8 Å². The van der Waals surface area contributed by atoms with E-state index in [-0.39, 0.29) is 0 Å². The van der Waals surface area contributed by atoms with Gasteiger partial charge in [0.05, 0.1) is 6.54 Å². The molecular formula is C15H21N3. The standard InChI is InChI=1S/C15H21N3/c16-15(17-11-13-7-3-1-4-8-13)18-12-14-9-5-2-6-10-14/h1-5,7-8,14H,6,9-12H2,(H3,16,17,18)/t14-/m1/s1. The molecule has 0 spiro atoms. The molecule has 1 atom stereocenters. The van der Waals surface area contributed by atoms with Crippen LogP contribution in [0.5, 0.6) is 0 Å².